The third-order valence-electron chi connectivity index (χ3n) is 4.04. The zero-order chi connectivity index (χ0) is 29.6. The van der Waals surface area contributed by atoms with Crippen LogP contribution in [0.15, 0.2) is 73.9 Å². The Morgan fingerprint density at radius 2 is 1.35 bits per heavy atom. The molecular weight excluding hydrogens is 476 g/mol. The van der Waals surface area contributed by atoms with Gasteiger partial charge in [0.1, 0.15) is 0 Å². The first-order valence-corrected chi connectivity index (χ1v) is 11.8. The van der Waals surface area contributed by atoms with Crippen LogP contribution in [0, 0.1) is 5.92 Å². The van der Waals surface area contributed by atoms with Crippen molar-refractivity contribution in [3.05, 3.63) is 79.4 Å². The van der Waals surface area contributed by atoms with Crippen molar-refractivity contribution in [3.63, 3.8) is 0 Å². The second-order valence-corrected chi connectivity index (χ2v) is 7.48. The first-order valence-electron chi connectivity index (χ1n) is 11.8. The van der Waals surface area contributed by atoms with E-state index in [1.54, 1.807) is 0 Å². The van der Waals surface area contributed by atoms with Crippen LogP contribution in [0.3, 0.4) is 0 Å². The molecule has 8 heteroatoms. The number of benzene rings is 1. The van der Waals surface area contributed by atoms with Gasteiger partial charge in [-0.3, -0.25) is 0 Å². The Balaban J connectivity index is -0.000000196. The summed E-state index contributed by atoms with van der Waals surface area (Å²) in [4.78, 5) is 30.0. The number of esters is 1. The average Bonchev–Trinajstić information content (AvgIpc) is 2.90. The first-order chi connectivity index (χ1) is 17.4. The van der Waals surface area contributed by atoms with Gasteiger partial charge in [-0.1, -0.05) is 95.8 Å². The highest BCUT2D eigenvalue weighted by atomic mass is 16.5. The van der Waals surface area contributed by atoms with Crippen LogP contribution in [0.5, 0.6) is 0 Å². The van der Waals surface area contributed by atoms with Crippen LogP contribution in [0.25, 0.3) is 6.08 Å². The van der Waals surface area contributed by atoms with E-state index in [1.165, 1.54) is 38.3 Å². The molecule has 0 saturated carbocycles. The molecule has 210 valence electrons. The molecule has 0 fully saturated rings. The van der Waals surface area contributed by atoms with E-state index < -0.39 is 11.9 Å². The molecule has 0 aliphatic heterocycles. The molecule has 1 rings (SSSR count). The fourth-order valence-corrected chi connectivity index (χ4v) is 1.75. The van der Waals surface area contributed by atoms with E-state index in [2.05, 4.69) is 40.2 Å². The van der Waals surface area contributed by atoms with E-state index in [0.717, 1.165) is 12.8 Å². The number of aliphatic carboxylic acids is 2. The number of carbonyl (C=O) groups is 3. The predicted molar refractivity (Wildman–Crippen MR) is 150 cm³/mol. The monoisotopic (exact) mass is 522 g/mol. The van der Waals surface area contributed by atoms with Crippen LogP contribution in [0.1, 0.15) is 58.9 Å². The lowest BCUT2D eigenvalue weighted by molar-refractivity contribution is -0.139. The zero-order valence-corrected chi connectivity index (χ0v) is 22.8. The van der Waals surface area contributed by atoms with Crippen LogP contribution in [-0.2, 0) is 19.1 Å². The number of aliphatic hydroxyl groups is 2. The van der Waals surface area contributed by atoms with Gasteiger partial charge in [-0.2, -0.15) is 0 Å². The minimum atomic E-state index is -0.935. The predicted octanol–water partition coefficient (Wildman–Crippen LogP) is 5.53. The third kappa shape index (κ3) is 37.2. The zero-order valence-electron chi connectivity index (χ0n) is 22.8. The summed E-state index contributed by atoms with van der Waals surface area (Å²) in [6.07, 6.45) is 7.68. The van der Waals surface area contributed by atoms with Gasteiger partial charge in [0.15, 0.2) is 0 Å². The number of carbonyl (C=O) groups excluding carboxylic acids is 1. The summed E-state index contributed by atoms with van der Waals surface area (Å²) < 4.78 is 4.98. The van der Waals surface area contributed by atoms with Gasteiger partial charge in [-0.05, 0) is 31.7 Å². The number of ether oxygens (including phenoxy) is 1. The summed E-state index contributed by atoms with van der Waals surface area (Å²) >= 11 is 0. The van der Waals surface area contributed by atoms with E-state index in [0.29, 0.717) is 12.5 Å². The SMILES string of the molecule is C=C(C)C(=O)O.C=C(C)C(=O)O.C=CC(=O)OCC(CC)CCCC.C=Cc1ccccc1.OCCO. The van der Waals surface area contributed by atoms with Crippen LogP contribution in [0.2, 0.25) is 0 Å². The highest BCUT2D eigenvalue weighted by molar-refractivity contribution is 5.85. The molecule has 1 aromatic rings. The van der Waals surface area contributed by atoms with Crippen molar-refractivity contribution in [3.8, 4) is 0 Å². The number of carboxylic acids is 2. The highest BCUT2D eigenvalue weighted by Crippen LogP contribution is 2.12. The van der Waals surface area contributed by atoms with E-state index in [9.17, 15) is 14.4 Å². The Hall–Kier alpha value is -3.49. The van der Waals surface area contributed by atoms with Gasteiger partial charge in [-0.25, -0.2) is 14.4 Å². The van der Waals surface area contributed by atoms with Gasteiger partial charge in [-0.15, -0.1) is 0 Å². The molecule has 0 radical (unpaired) electrons. The Kier molecular flexibility index (Phi) is 33.6. The molecule has 37 heavy (non-hydrogen) atoms. The van der Waals surface area contributed by atoms with Crippen molar-refractivity contribution >= 4 is 24.0 Å². The quantitative estimate of drug-likeness (QED) is 0.220. The van der Waals surface area contributed by atoms with Gasteiger partial charge in [0.2, 0.25) is 0 Å². The highest BCUT2D eigenvalue weighted by Gasteiger charge is 2.07. The van der Waals surface area contributed by atoms with Crippen LogP contribution in [0.4, 0.5) is 0 Å². The lowest BCUT2D eigenvalue weighted by Gasteiger charge is -2.13. The Morgan fingerprint density at radius 3 is 1.59 bits per heavy atom. The molecule has 0 spiro atoms. The van der Waals surface area contributed by atoms with Crippen LogP contribution >= 0.6 is 0 Å². The molecule has 1 aromatic carbocycles. The maximum atomic E-state index is 10.8. The number of hydrogen-bond donors (Lipinski definition) is 4. The Bertz CT molecular complexity index is 719. The molecule has 0 aromatic heterocycles. The van der Waals surface area contributed by atoms with Gasteiger partial charge < -0.3 is 25.2 Å². The minimum absolute atomic E-state index is 0.125. The second kappa shape index (κ2) is 30.5. The molecule has 4 N–H and O–H groups in total. The maximum absolute atomic E-state index is 10.8. The molecular formula is C29H46O8. The van der Waals surface area contributed by atoms with E-state index in [1.807, 2.05) is 36.4 Å². The van der Waals surface area contributed by atoms with Gasteiger partial charge in [0.25, 0.3) is 0 Å². The molecule has 1 atom stereocenters. The fourth-order valence-electron chi connectivity index (χ4n) is 1.75. The van der Waals surface area contributed by atoms with E-state index >= 15 is 0 Å². The molecule has 8 nitrogen and oxygen atoms in total. The van der Waals surface area contributed by atoms with Crippen molar-refractivity contribution in [1.82, 2.24) is 0 Å². The second-order valence-electron chi connectivity index (χ2n) is 7.48. The molecule has 0 aliphatic rings. The third-order valence-corrected chi connectivity index (χ3v) is 4.04. The summed E-state index contributed by atoms with van der Waals surface area (Å²) in [5.74, 6) is -1.66. The summed E-state index contributed by atoms with van der Waals surface area (Å²) in [6, 6.07) is 10.0. The number of unbranched alkanes of at least 4 members (excludes halogenated alkanes) is 1. The summed E-state index contributed by atoms with van der Waals surface area (Å²) in [5, 5.41) is 31.0. The fraction of sp³-hybridized carbons (Fsp3) is 0.414. The number of aliphatic hydroxyl groups excluding tert-OH is 2. The van der Waals surface area contributed by atoms with Crippen LogP contribution < -0.4 is 0 Å². The standard InChI is InChI=1S/C11H20O2.C8H8.2C4H6O2.C2H6O2/c1-4-7-8-10(5-2)9-13-11(12)6-3;1-2-8-6-4-3-5-7-8;2*1-3(2)4(5)6;3-1-2-4/h6,10H,3-5,7-9H2,1-2H3;2-7H,1H2;2*1H2,2H3,(H,5,6);3-4H,1-2H2. The Labute approximate surface area is 222 Å². The number of rotatable bonds is 11. The van der Waals surface area contributed by atoms with E-state index in [4.69, 9.17) is 25.2 Å². The molecule has 0 saturated heterocycles. The topological polar surface area (TPSA) is 141 Å². The van der Waals surface area contributed by atoms with Gasteiger partial charge >= 0.3 is 17.9 Å². The smallest absolute Gasteiger partial charge is 0.330 e. The summed E-state index contributed by atoms with van der Waals surface area (Å²) in [6.45, 7) is 20.8. The molecule has 0 bridgehead atoms. The van der Waals surface area contributed by atoms with Gasteiger partial charge in [0, 0.05) is 17.2 Å². The number of hydrogen-bond acceptors (Lipinski definition) is 6. The van der Waals surface area contributed by atoms with Crippen molar-refractivity contribution in [1.29, 1.82) is 0 Å². The lowest BCUT2D eigenvalue weighted by Crippen LogP contribution is -2.12. The normalized spacial score (nSPS) is 9.35. The largest absolute Gasteiger partial charge is 0.478 e. The maximum Gasteiger partial charge on any atom is 0.330 e. The molecule has 0 aliphatic carbocycles. The first kappa shape index (κ1) is 40.7. The summed E-state index contributed by atoms with van der Waals surface area (Å²) in [5.41, 5.74) is 1.53. The van der Waals surface area contributed by atoms with Crippen LogP contribution in [-0.4, -0.2) is 58.2 Å². The number of carboxylic acid groups (broad SMARTS) is 2. The average molecular weight is 523 g/mol. The Morgan fingerprint density at radius 1 is 0.919 bits per heavy atom. The van der Waals surface area contributed by atoms with Crippen molar-refractivity contribution in [2.24, 2.45) is 5.92 Å². The summed E-state index contributed by atoms with van der Waals surface area (Å²) in [7, 11) is 0. The van der Waals surface area contributed by atoms with Crippen molar-refractivity contribution in [2.75, 3.05) is 19.8 Å². The van der Waals surface area contributed by atoms with Gasteiger partial charge in [0.05, 0.1) is 19.8 Å². The molecule has 0 amide bonds. The minimum Gasteiger partial charge on any atom is -0.478 e. The molecule has 0 heterocycles. The lowest BCUT2D eigenvalue weighted by atomic mass is 10.0. The molecule has 1 unspecified atom stereocenters. The van der Waals surface area contributed by atoms with Crippen molar-refractivity contribution in [2.45, 2.75) is 53.4 Å². The van der Waals surface area contributed by atoms with Crippen molar-refractivity contribution < 1.29 is 39.5 Å². The van der Waals surface area contributed by atoms with E-state index in [-0.39, 0.29) is 30.3 Å².